The first kappa shape index (κ1) is 12.4. The van der Waals surface area contributed by atoms with Crippen molar-refractivity contribution in [2.45, 2.75) is 25.0 Å². The number of amides is 1. The van der Waals surface area contributed by atoms with Gasteiger partial charge in [-0.05, 0) is 37.1 Å². The maximum atomic E-state index is 11.5. The van der Waals surface area contributed by atoms with E-state index in [0.717, 1.165) is 0 Å². The molecule has 1 aromatic carbocycles. The third kappa shape index (κ3) is 3.22. The van der Waals surface area contributed by atoms with Gasteiger partial charge >= 0.3 is 0 Å². The number of aliphatic hydroxyl groups excluding tert-OH is 1. The van der Waals surface area contributed by atoms with Gasteiger partial charge in [0.1, 0.15) is 5.75 Å². The summed E-state index contributed by atoms with van der Waals surface area (Å²) in [5.74, 6) is 0.356. The average molecular weight is 246 g/mol. The van der Waals surface area contributed by atoms with Crippen LogP contribution in [-0.4, -0.2) is 29.8 Å². The molecule has 0 unspecified atom stereocenters. The predicted octanol–water partition coefficient (Wildman–Crippen LogP) is 0.577. The summed E-state index contributed by atoms with van der Waals surface area (Å²) >= 11 is 0. The molecule has 0 aromatic heterocycles. The number of hydrogen-bond acceptors (Lipinski definition) is 4. The number of nitriles is 1. The van der Waals surface area contributed by atoms with E-state index in [0.29, 0.717) is 24.2 Å². The average Bonchev–Trinajstić information content (AvgIpc) is 2.35. The van der Waals surface area contributed by atoms with Crippen molar-refractivity contribution in [2.24, 2.45) is 0 Å². The SMILES string of the molecule is N#Cc1ccc(OCC(=O)NC2CC(O)C2)cc1. The number of aliphatic hydroxyl groups is 1. The number of benzene rings is 1. The molecule has 94 valence electrons. The van der Waals surface area contributed by atoms with E-state index >= 15 is 0 Å². The van der Waals surface area contributed by atoms with Crippen molar-refractivity contribution >= 4 is 5.91 Å². The zero-order valence-corrected chi connectivity index (χ0v) is 9.80. The minimum absolute atomic E-state index is 0.0570. The van der Waals surface area contributed by atoms with Crippen molar-refractivity contribution in [3.63, 3.8) is 0 Å². The van der Waals surface area contributed by atoms with E-state index in [4.69, 9.17) is 15.1 Å². The molecular weight excluding hydrogens is 232 g/mol. The van der Waals surface area contributed by atoms with E-state index in [1.165, 1.54) is 0 Å². The lowest BCUT2D eigenvalue weighted by molar-refractivity contribution is -0.125. The lowest BCUT2D eigenvalue weighted by Crippen LogP contribution is -2.48. The molecule has 1 aliphatic carbocycles. The van der Waals surface area contributed by atoms with Crippen LogP contribution in [0.25, 0.3) is 0 Å². The zero-order chi connectivity index (χ0) is 13.0. The molecular formula is C13H14N2O3. The van der Waals surface area contributed by atoms with Gasteiger partial charge in [0, 0.05) is 6.04 Å². The van der Waals surface area contributed by atoms with Crippen LogP contribution in [0.5, 0.6) is 5.75 Å². The van der Waals surface area contributed by atoms with Crippen LogP contribution in [-0.2, 0) is 4.79 Å². The molecule has 0 spiro atoms. The fourth-order valence-corrected chi connectivity index (χ4v) is 1.75. The van der Waals surface area contributed by atoms with Gasteiger partial charge in [-0.3, -0.25) is 4.79 Å². The van der Waals surface area contributed by atoms with E-state index in [9.17, 15) is 4.79 Å². The van der Waals surface area contributed by atoms with Crippen LogP contribution in [0.2, 0.25) is 0 Å². The Kier molecular flexibility index (Phi) is 3.80. The third-order valence-corrected chi connectivity index (χ3v) is 2.83. The minimum Gasteiger partial charge on any atom is -0.484 e. The van der Waals surface area contributed by atoms with Gasteiger partial charge in [-0.15, -0.1) is 0 Å². The van der Waals surface area contributed by atoms with Crippen molar-refractivity contribution in [1.82, 2.24) is 5.32 Å². The van der Waals surface area contributed by atoms with Gasteiger partial charge in [0.15, 0.2) is 6.61 Å². The number of carbonyl (C=O) groups excluding carboxylic acids is 1. The highest BCUT2D eigenvalue weighted by Gasteiger charge is 2.28. The third-order valence-electron chi connectivity index (χ3n) is 2.83. The first-order valence-corrected chi connectivity index (χ1v) is 5.78. The van der Waals surface area contributed by atoms with E-state index in [1.54, 1.807) is 24.3 Å². The number of nitrogens with one attached hydrogen (secondary N) is 1. The molecule has 5 heteroatoms. The number of rotatable bonds is 4. The fourth-order valence-electron chi connectivity index (χ4n) is 1.75. The molecule has 1 aromatic rings. The Morgan fingerprint density at radius 3 is 2.67 bits per heavy atom. The van der Waals surface area contributed by atoms with Crippen molar-refractivity contribution in [2.75, 3.05) is 6.61 Å². The van der Waals surface area contributed by atoms with Gasteiger partial charge in [0.25, 0.3) is 5.91 Å². The topological polar surface area (TPSA) is 82.3 Å². The van der Waals surface area contributed by atoms with Gasteiger partial charge in [0.2, 0.25) is 0 Å². The second-order valence-corrected chi connectivity index (χ2v) is 4.31. The van der Waals surface area contributed by atoms with Crippen LogP contribution in [0, 0.1) is 11.3 Å². The Bertz CT molecular complexity index is 458. The summed E-state index contributed by atoms with van der Waals surface area (Å²) in [6.07, 6.45) is 0.945. The summed E-state index contributed by atoms with van der Waals surface area (Å²) in [5, 5.41) is 20.5. The molecule has 0 atom stereocenters. The highest BCUT2D eigenvalue weighted by Crippen LogP contribution is 2.19. The maximum absolute atomic E-state index is 11.5. The molecule has 0 heterocycles. The standard InChI is InChI=1S/C13H14N2O3/c14-7-9-1-3-12(4-2-9)18-8-13(17)15-10-5-11(16)6-10/h1-4,10-11,16H,5-6,8H2,(H,15,17). The highest BCUT2D eigenvalue weighted by molar-refractivity contribution is 5.78. The lowest BCUT2D eigenvalue weighted by Gasteiger charge is -2.31. The van der Waals surface area contributed by atoms with Gasteiger partial charge in [-0.2, -0.15) is 5.26 Å². The van der Waals surface area contributed by atoms with Crippen molar-refractivity contribution in [3.05, 3.63) is 29.8 Å². The first-order valence-electron chi connectivity index (χ1n) is 5.78. The predicted molar refractivity (Wildman–Crippen MR) is 63.8 cm³/mol. The second kappa shape index (κ2) is 5.52. The molecule has 1 amide bonds. The fraction of sp³-hybridized carbons (Fsp3) is 0.385. The summed E-state index contributed by atoms with van der Waals surface area (Å²) in [7, 11) is 0. The number of ether oxygens (including phenoxy) is 1. The minimum atomic E-state index is -0.283. The quantitative estimate of drug-likeness (QED) is 0.814. The van der Waals surface area contributed by atoms with Crippen LogP contribution in [0.4, 0.5) is 0 Å². The summed E-state index contributed by atoms with van der Waals surface area (Å²) in [6, 6.07) is 8.65. The van der Waals surface area contributed by atoms with Crippen LogP contribution in [0.1, 0.15) is 18.4 Å². The highest BCUT2D eigenvalue weighted by atomic mass is 16.5. The number of carbonyl (C=O) groups is 1. The summed E-state index contributed by atoms with van der Waals surface area (Å²) in [5.41, 5.74) is 0.551. The molecule has 18 heavy (non-hydrogen) atoms. The van der Waals surface area contributed by atoms with Crippen molar-refractivity contribution in [3.8, 4) is 11.8 Å². The second-order valence-electron chi connectivity index (χ2n) is 4.31. The molecule has 1 saturated carbocycles. The van der Waals surface area contributed by atoms with Gasteiger partial charge < -0.3 is 15.2 Å². The van der Waals surface area contributed by atoms with Crippen molar-refractivity contribution in [1.29, 1.82) is 5.26 Å². The zero-order valence-electron chi connectivity index (χ0n) is 9.80. The largest absolute Gasteiger partial charge is 0.484 e. The van der Waals surface area contributed by atoms with E-state index < -0.39 is 0 Å². The first-order chi connectivity index (χ1) is 8.67. The molecule has 0 aliphatic heterocycles. The molecule has 0 bridgehead atoms. The molecule has 0 saturated heterocycles. The van der Waals surface area contributed by atoms with Crippen molar-refractivity contribution < 1.29 is 14.6 Å². The number of hydrogen-bond donors (Lipinski definition) is 2. The smallest absolute Gasteiger partial charge is 0.258 e. The molecule has 0 radical (unpaired) electrons. The molecule has 1 aliphatic rings. The molecule has 1 fully saturated rings. The normalized spacial score (nSPS) is 21.6. The van der Waals surface area contributed by atoms with E-state index in [1.807, 2.05) is 6.07 Å². The summed E-state index contributed by atoms with van der Waals surface area (Å²) in [6.45, 7) is -0.0570. The maximum Gasteiger partial charge on any atom is 0.258 e. The van der Waals surface area contributed by atoms with Crippen LogP contribution >= 0.6 is 0 Å². The van der Waals surface area contributed by atoms with Gasteiger partial charge in [0.05, 0.1) is 17.7 Å². The Hall–Kier alpha value is -2.06. The lowest BCUT2D eigenvalue weighted by atomic mass is 9.89. The molecule has 2 rings (SSSR count). The Labute approximate surface area is 105 Å². The van der Waals surface area contributed by atoms with Gasteiger partial charge in [-0.1, -0.05) is 0 Å². The van der Waals surface area contributed by atoms with Crippen LogP contribution < -0.4 is 10.1 Å². The van der Waals surface area contributed by atoms with Gasteiger partial charge in [-0.25, -0.2) is 0 Å². The molecule has 2 N–H and O–H groups in total. The Balaban J connectivity index is 1.73. The van der Waals surface area contributed by atoms with Crippen LogP contribution in [0.15, 0.2) is 24.3 Å². The Morgan fingerprint density at radius 2 is 2.11 bits per heavy atom. The Morgan fingerprint density at radius 1 is 1.44 bits per heavy atom. The number of nitrogens with zero attached hydrogens (tertiary/aromatic N) is 1. The van der Waals surface area contributed by atoms with Crippen LogP contribution in [0.3, 0.4) is 0 Å². The monoisotopic (exact) mass is 246 g/mol. The summed E-state index contributed by atoms with van der Waals surface area (Å²) in [4.78, 5) is 11.5. The molecule has 5 nitrogen and oxygen atoms in total. The van der Waals surface area contributed by atoms with E-state index in [2.05, 4.69) is 5.32 Å². The van der Waals surface area contributed by atoms with E-state index in [-0.39, 0.29) is 24.7 Å². The summed E-state index contributed by atoms with van der Waals surface area (Å²) < 4.78 is 5.28.